The van der Waals surface area contributed by atoms with E-state index >= 15 is 0 Å². The maximum atomic E-state index is 8.05. The van der Waals surface area contributed by atoms with E-state index in [4.69, 9.17) is 15.6 Å². The van der Waals surface area contributed by atoms with Crippen molar-refractivity contribution >= 4 is 0 Å². The zero-order chi connectivity index (χ0) is 9.23. The van der Waals surface area contributed by atoms with Gasteiger partial charge in [0.1, 0.15) is 5.75 Å². The molecule has 0 bridgehead atoms. The zero-order valence-corrected chi connectivity index (χ0v) is 6.14. The van der Waals surface area contributed by atoms with E-state index in [0.29, 0.717) is 5.75 Å². The fraction of sp³-hybridized carbons (Fsp3) is 0. The van der Waals surface area contributed by atoms with Crippen LogP contribution in [0.15, 0.2) is 30.3 Å². The molecule has 0 fully saturated rings. The Morgan fingerprint density at radius 2 is 1.67 bits per heavy atom. The molecule has 60 valence electrons. The van der Waals surface area contributed by atoms with Crippen LogP contribution < -0.4 is 4.74 Å². The van der Waals surface area contributed by atoms with Crippen LogP contribution in [-0.2, 0) is 0 Å². The van der Waals surface area contributed by atoms with Crippen molar-refractivity contribution < 1.29 is 9.84 Å². The van der Waals surface area contributed by atoms with Crippen molar-refractivity contribution in [2.45, 2.75) is 0 Å². The molecular formula is C8H6N2O2. The third-order valence-electron chi connectivity index (χ3n) is 0.907. The summed E-state index contributed by atoms with van der Waals surface area (Å²) in [6, 6.07) is 8.94. The van der Waals surface area contributed by atoms with Gasteiger partial charge in [0.25, 0.3) is 12.5 Å². The molecule has 0 aliphatic carbocycles. The first-order valence-corrected chi connectivity index (χ1v) is 2.99. The van der Waals surface area contributed by atoms with Gasteiger partial charge in [0.2, 0.25) is 0 Å². The number of rotatable bonds is 1. The second-order valence-corrected chi connectivity index (χ2v) is 1.61. The molecule has 0 spiro atoms. The van der Waals surface area contributed by atoms with Crippen molar-refractivity contribution in [1.29, 1.82) is 10.5 Å². The lowest BCUT2D eigenvalue weighted by atomic mass is 10.3. The highest BCUT2D eigenvalue weighted by Gasteiger charge is 1.84. The highest BCUT2D eigenvalue weighted by Crippen LogP contribution is 2.06. The van der Waals surface area contributed by atoms with Gasteiger partial charge in [-0.25, -0.2) is 0 Å². The van der Waals surface area contributed by atoms with Gasteiger partial charge in [-0.05, 0) is 12.1 Å². The van der Waals surface area contributed by atoms with Crippen molar-refractivity contribution in [2.75, 3.05) is 0 Å². The molecule has 0 amide bonds. The van der Waals surface area contributed by atoms with Crippen LogP contribution in [-0.4, -0.2) is 5.11 Å². The molecule has 4 nitrogen and oxygen atoms in total. The van der Waals surface area contributed by atoms with Crippen molar-refractivity contribution in [3.05, 3.63) is 30.3 Å². The van der Waals surface area contributed by atoms with Gasteiger partial charge in [-0.2, -0.15) is 5.26 Å². The summed E-state index contributed by atoms with van der Waals surface area (Å²) in [5.41, 5.74) is 0. The van der Waals surface area contributed by atoms with Gasteiger partial charge in [0.15, 0.2) is 0 Å². The Bertz CT molecular complexity index is 284. The maximum absolute atomic E-state index is 8.05. The number of hydrogen-bond acceptors (Lipinski definition) is 4. The molecule has 0 heterocycles. The third-order valence-corrected chi connectivity index (χ3v) is 0.907. The molecule has 0 atom stereocenters. The molecule has 0 unspecified atom stereocenters. The summed E-state index contributed by atoms with van der Waals surface area (Å²) in [5.74, 6) is 0.583. The smallest absolute Gasteiger partial charge is 0.292 e. The van der Waals surface area contributed by atoms with E-state index in [0.717, 1.165) is 6.26 Å². The first-order valence-electron chi connectivity index (χ1n) is 2.99. The van der Waals surface area contributed by atoms with Gasteiger partial charge in [0, 0.05) is 0 Å². The molecule has 0 radical (unpaired) electrons. The fourth-order valence-electron chi connectivity index (χ4n) is 0.541. The molecule has 4 heteroatoms. The highest BCUT2D eigenvalue weighted by molar-refractivity contribution is 5.21. The number of aliphatic hydroxyl groups excluding tert-OH is 1. The van der Waals surface area contributed by atoms with Gasteiger partial charge in [-0.3, -0.25) is 0 Å². The molecule has 0 saturated carbocycles. The summed E-state index contributed by atoms with van der Waals surface area (Å²) in [7, 11) is 0. The number of nitriles is 2. The molecule has 0 aliphatic heterocycles. The molecule has 1 aromatic rings. The monoisotopic (exact) mass is 162 g/mol. The van der Waals surface area contributed by atoms with Gasteiger partial charge in [0.05, 0.1) is 0 Å². The fourth-order valence-corrected chi connectivity index (χ4v) is 0.541. The first kappa shape index (κ1) is 9.80. The van der Waals surface area contributed by atoms with Crippen molar-refractivity contribution in [1.82, 2.24) is 0 Å². The molecular weight excluding hydrogens is 156 g/mol. The lowest BCUT2D eigenvalue weighted by Crippen LogP contribution is -1.78. The van der Waals surface area contributed by atoms with Gasteiger partial charge in [-0.15, -0.1) is 5.26 Å². The van der Waals surface area contributed by atoms with Crippen LogP contribution in [0.1, 0.15) is 0 Å². The summed E-state index contributed by atoms with van der Waals surface area (Å²) in [6.07, 6.45) is 2.33. The van der Waals surface area contributed by atoms with E-state index in [1.165, 1.54) is 0 Å². The minimum absolute atomic E-state index is 0.583. The standard InChI is InChI=1S/C7H5NO.CHNO/c8-6-9-7-4-2-1-3-5-7;2-1-3/h1-5H;3H. The van der Waals surface area contributed by atoms with Crippen molar-refractivity contribution in [2.24, 2.45) is 0 Å². The highest BCUT2D eigenvalue weighted by atomic mass is 16.5. The Hall–Kier alpha value is -2.20. The summed E-state index contributed by atoms with van der Waals surface area (Å²) in [6.45, 7) is 0. The lowest BCUT2D eigenvalue weighted by molar-refractivity contribution is 0.503. The average molecular weight is 162 g/mol. The number of hydrogen-bond donors (Lipinski definition) is 1. The van der Waals surface area contributed by atoms with Crippen LogP contribution in [0.5, 0.6) is 5.75 Å². The Morgan fingerprint density at radius 1 is 1.17 bits per heavy atom. The molecule has 1 rings (SSSR count). The van der Waals surface area contributed by atoms with Crippen LogP contribution in [0.4, 0.5) is 0 Å². The number of aliphatic hydroxyl groups is 1. The summed E-state index contributed by atoms with van der Waals surface area (Å²) in [4.78, 5) is 0. The minimum atomic E-state index is 0.583. The number of benzene rings is 1. The van der Waals surface area contributed by atoms with E-state index in [9.17, 15) is 0 Å². The summed E-state index contributed by atoms with van der Waals surface area (Å²) >= 11 is 0. The van der Waals surface area contributed by atoms with Gasteiger partial charge >= 0.3 is 0 Å². The SMILES string of the molecule is N#CO.N#COc1ccccc1. The summed E-state index contributed by atoms with van der Waals surface area (Å²) < 4.78 is 4.51. The molecule has 0 aromatic heterocycles. The first-order chi connectivity index (χ1) is 5.85. The van der Waals surface area contributed by atoms with E-state index < -0.39 is 0 Å². The van der Waals surface area contributed by atoms with Crippen LogP contribution in [0.3, 0.4) is 0 Å². The Morgan fingerprint density at radius 3 is 2.08 bits per heavy atom. The van der Waals surface area contributed by atoms with Gasteiger partial charge < -0.3 is 9.84 Å². The second-order valence-electron chi connectivity index (χ2n) is 1.61. The Balaban J connectivity index is 0.000000354. The van der Waals surface area contributed by atoms with E-state index in [1.807, 2.05) is 18.2 Å². The molecule has 0 aliphatic rings. The van der Waals surface area contributed by atoms with Crippen LogP contribution in [0.25, 0.3) is 0 Å². The maximum Gasteiger partial charge on any atom is 0.292 e. The molecule has 0 saturated heterocycles. The molecule has 1 aromatic carbocycles. The number of para-hydroxylation sites is 1. The second kappa shape index (κ2) is 6.91. The quantitative estimate of drug-likeness (QED) is 0.633. The minimum Gasteiger partial charge on any atom is -0.443 e. The lowest BCUT2D eigenvalue weighted by Gasteiger charge is -1.89. The average Bonchev–Trinajstić information content (AvgIpc) is 2.08. The van der Waals surface area contributed by atoms with Crippen molar-refractivity contribution in [3.63, 3.8) is 0 Å². The number of nitrogens with zero attached hydrogens (tertiary/aromatic N) is 2. The predicted octanol–water partition coefficient (Wildman–Crippen LogP) is 1.39. The van der Waals surface area contributed by atoms with E-state index in [2.05, 4.69) is 4.74 Å². The van der Waals surface area contributed by atoms with Crippen molar-refractivity contribution in [3.8, 4) is 18.3 Å². The van der Waals surface area contributed by atoms with Crippen LogP contribution in [0, 0.1) is 23.0 Å². The van der Waals surface area contributed by atoms with Crippen LogP contribution in [0.2, 0.25) is 0 Å². The van der Waals surface area contributed by atoms with Gasteiger partial charge in [-0.1, -0.05) is 18.2 Å². The zero-order valence-electron chi connectivity index (χ0n) is 6.14. The largest absolute Gasteiger partial charge is 0.443 e. The Labute approximate surface area is 69.9 Å². The normalized spacial score (nSPS) is 6.50. The van der Waals surface area contributed by atoms with E-state index in [1.54, 1.807) is 18.4 Å². The van der Waals surface area contributed by atoms with Crippen LogP contribution >= 0.6 is 0 Å². The predicted molar refractivity (Wildman–Crippen MR) is 40.2 cm³/mol. The molecule has 12 heavy (non-hydrogen) atoms. The topological polar surface area (TPSA) is 77.0 Å². The third kappa shape index (κ3) is 4.66. The van der Waals surface area contributed by atoms with E-state index in [-0.39, 0.29) is 0 Å². The number of ether oxygens (including phenoxy) is 1. The molecule has 1 N–H and O–H groups in total. The summed E-state index contributed by atoms with van der Waals surface area (Å²) in [5, 5.41) is 21.8. The Kier molecular flexibility index (Phi) is 5.65.